The molecule has 2 aromatic carbocycles. The fourth-order valence-corrected chi connectivity index (χ4v) is 5.08. The molecular weight excluding hydrogens is 394 g/mol. The van der Waals surface area contributed by atoms with Gasteiger partial charge in [-0.2, -0.15) is 0 Å². The molecule has 1 fully saturated rings. The summed E-state index contributed by atoms with van der Waals surface area (Å²) in [5.74, 6) is 0.114. The molecule has 160 valence electrons. The van der Waals surface area contributed by atoms with Gasteiger partial charge < -0.3 is 20.6 Å². The summed E-state index contributed by atoms with van der Waals surface area (Å²) >= 11 is 6.13. The van der Waals surface area contributed by atoms with Crippen molar-refractivity contribution in [2.45, 2.75) is 57.7 Å². The number of nitrogens with zero attached hydrogens (tertiary/aromatic N) is 1. The van der Waals surface area contributed by atoms with E-state index in [1.165, 1.54) is 31.2 Å². The molecule has 1 aliphatic heterocycles. The third-order valence-corrected chi connectivity index (χ3v) is 6.94. The van der Waals surface area contributed by atoms with Crippen LogP contribution in [0.3, 0.4) is 0 Å². The van der Waals surface area contributed by atoms with Crippen molar-refractivity contribution in [3.05, 3.63) is 59.3 Å². The highest BCUT2D eigenvalue weighted by atomic mass is 35.5. The van der Waals surface area contributed by atoms with Crippen LogP contribution in [0.15, 0.2) is 48.7 Å². The fourth-order valence-electron chi connectivity index (χ4n) is 4.90. The molecule has 30 heavy (non-hydrogen) atoms. The van der Waals surface area contributed by atoms with Crippen molar-refractivity contribution in [1.82, 2.24) is 10.2 Å². The lowest BCUT2D eigenvalue weighted by molar-refractivity contribution is 0.155. The molecular formula is C25H32ClN3O. The van der Waals surface area contributed by atoms with Crippen LogP contribution in [0.25, 0.3) is 11.1 Å². The van der Waals surface area contributed by atoms with Gasteiger partial charge in [0.1, 0.15) is 5.75 Å². The van der Waals surface area contributed by atoms with Crippen molar-refractivity contribution in [1.29, 1.82) is 0 Å². The first-order valence-electron chi connectivity index (χ1n) is 11.1. The van der Waals surface area contributed by atoms with Gasteiger partial charge in [-0.1, -0.05) is 37.6 Å². The molecule has 1 aliphatic carbocycles. The summed E-state index contributed by atoms with van der Waals surface area (Å²) in [5.41, 5.74) is 4.50. The molecule has 4 rings (SSSR count). The first kappa shape index (κ1) is 21.2. The van der Waals surface area contributed by atoms with Crippen LogP contribution in [0.2, 0.25) is 5.02 Å². The van der Waals surface area contributed by atoms with Crippen molar-refractivity contribution in [3.8, 4) is 16.9 Å². The number of halogens is 1. The highest BCUT2D eigenvalue weighted by Gasteiger charge is 2.27. The lowest BCUT2D eigenvalue weighted by atomic mass is 9.88. The largest absolute Gasteiger partial charge is 0.506 e. The lowest BCUT2D eigenvalue weighted by Crippen LogP contribution is -2.43. The Bertz CT molecular complexity index is 901. The quantitative estimate of drug-likeness (QED) is 0.536. The van der Waals surface area contributed by atoms with E-state index in [-0.39, 0.29) is 11.8 Å². The molecule has 2 aliphatic rings. The van der Waals surface area contributed by atoms with Crippen LogP contribution in [0.4, 0.5) is 5.69 Å². The molecule has 0 saturated heterocycles. The SMILES string of the molecule is CCN(CC)C1CCC(NC2C=CNc3ccc(-c4ccc(O)c(Cl)c4)cc32)CC1. The van der Waals surface area contributed by atoms with Crippen LogP contribution < -0.4 is 10.6 Å². The van der Waals surface area contributed by atoms with Crippen molar-refractivity contribution in [2.75, 3.05) is 18.4 Å². The number of hydrogen-bond acceptors (Lipinski definition) is 4. The summed E-state index contributed by atoms with van der Waals surface area (Å²) in [7, 11) is 0. The number of hydrogen-bond donors (Lipinski definition) is 3. The Hall–Kier alpha value is -2.01. The van der Waals surface area contributed by atoms with Gasteiger partial charge in [0, 0.05) is 17.8 Å². The van der Waals surface area contributed by atoms with E-state index < -0.39 is 0 Å². The van der Waals surface area contributed by atoms with Crippen LogP contribution in [0, 0.1) is 0 Å². The Morgan fingerprint density at radius 3 is 2.43 bits per heavy atom. The molecule has 0 spiro atoms. The molecule has 0 bridgehead atoms. The van der Waals surface area contributed by atoms with Crippen molar-refractivity contribution < 1.29 is 5.11 Å². The first-order valence-corrected chi connectivity index (χ1v) is 11.5. The fraction of sp³-hybridized carbons (Fsp3) is 0.440. The second-order valence-corrected chi connectivity index (χ2v) is 8.75. The Labute approximate surface area is 184 Å². The number of fused-ring (bicyclic) bond motifs is 1. The summed E-state index contributed by atoms with van der Waals surface area (Å²) in [6, 6.07) is 13.3. The highest BCUT2D eigenvalue weighted by Crippen LogP contribution is 2.36. The molecule has 1 saturated carbocycles. The minimum Gasteiger partial charge on any atom is -0.506 e. The van der Waals surface area contributed by atoms with Crippen LogP contribution in [0.1, 0.15) is 51.1 Å². The average molecular weight is 426 g/mol. The number of aromatic hydroxyl groups is 1. The summed E-state index contributed by atoms with van der Waals surface area (Å²) in [5, 5.41) is 17.4. The van der Waals surface area contributed by atoms with Gasteiger partial charge >= 0.3 is 0 Å². The second kappa shape index (κ2) is 9.42. The van der Waals surface area contributed by atoms with Crippen LogP contribution in [0.5, 0.6) is 5.75 Å². The van der Waals surface area contributed by atoms with Gasteiger partial charge in [-0.25, -0.2) is 0 Å². The monoisotopic (exact) mass is 425 g/mol. The molecule has 4 nitrogen and oxygen atoms in total. The number of phenols is 1. The van der Waals surface area contributed by atoms with Gasteiger partial charge in [-0.15, -0.1) is 0 Å². The number of anilines is 1. The third kappa shape index (κ3) is 4.51. The summed E-state index contributed by atoms with van der Waals surface area (Å²) in [6.07, 6.45) is 9.24. The van der Waals surface area contributed by atoms with Gasteiger partial charge in [0.15, 0.2) is 0 Å². The van der Waals surface area contributed by atoms with Gasteiger partial charge in [-0.3, -0.25) is 0 Å². The maximum absolute atomic E-state index is 9.73. The van der Waals surface area contributed by atoms with E-state index in [0.717, 1.165) is 35.9 Å². The van der Waals surface area contributed by atoms with Crippen molar-refractivity contribution in [2.24, 2.45) is 0 Å². The van der Waals surface area contributed by atoms with Crippen LogP contribution in [-0.4, -0.2) is 35.2 Å². The molecule has 1 unspecified atom stereocenters. The van der Waals surface area contributed by atoms with Crippen molar-refractivity contribution in [3.63, 3.8) is 0 Å². The third-order valence-electron chi connectivity index (χ3n) is 6.64. The summed E-state index contributed by atoms with van der Waals surface area (Å²) < 4.78 is 0. The van der Waals surface area contributed by atoms with Gasteiger partial charge in [0.05, 0.1) is 11.1 Å². The van der Waals surface area contributed by atoms with Crippen LogP contribution >= 0.6 is 11.6 Å². The predicted molar refractivity (Wildman–Crippen MR) is 126 cm³/mol. The first-order chi connectivity index (χ1) is 14.6. The Morgan fingerprint density at radius 1 is 1.03 bits per heavy atom. The minimum absolute atomic E-state index is 0.114. The zero-order chi connectivity index (χ0) is 21.1. The van der Waals surface area contributed by atoms with E-state index in [1.807, 2.05) is 18.3 Å². The normalized spacial score (nSPS) is 23.3. The smallest absolute Gasteiger partial charge is 0.134 e. The molecule has 0 radical (unpaired) electrons. The van der Waals surface area contributed by atoms with E-state index in [0.29, 0.717) is 11.1 Å². The number of rotatable bonds is 6. The standard InChI is InChI=1S/C25H32ClN3O/c1-3-29(4-2)20-9-7-19(8-10-20)28-24-13-14-27-23-11-5-17(15-21(23)24)18-6-12-25(30)22(26)16-18/h5-6,11-16,19-20,24,27-28,30H,3-4,7-10H2,1-2H3. The molecule has 5 heteroatoms. The molecule has 3 N–H and O–H groups in total. The maximum Gasteiger partial charge on any atom is 0.134 e. The zero-order valence-corrected chi connectivity index (χ0v) is 18.6. The van der Waals surface area contributed by atoms with Gasteiger partial charge in [0.25, 0.3) is 0 Å². The van der Waals surface area contributed by atoms with E-state index in [1.54, 1.807) is 6.07 Å². The highest BCUT2D eigenvalue weighted by molar-refractivity contribution is 6.32. The zero-order valence-electron chi connectivity index (χ0n) is 17.9. The summed E-state index contributed by atoms with van der Waals surface area (Å²) in [6.45, 7) is 6.83. The Balaban J connectivity index is 1.48. The maximum atomic E-state index is 9.73. The average Bonchev–Trinajstić information content (AvgIpc) is 2.77. The summed E-state index contributed by atoms with van der Waals surface area (Å²) in [4.78, 5) is 2.60. The molecule has 0 amide bonds. The second-order valence-electron chi connectivity index (χ2n) is 8.34. The Morgan fingerprint density at radius 2 is 1.73 bits per heavy atom. The van der Waals surface area contributed by atoms with E-state index >= 15 is 0 Å². The minimum atomic E-state index is 0.114. The van der Waals surface area contributed by atoms with Gasteiger partial charge in [-0.05, 0) is 92.0 Å². The van der Waals surface area contributed by atoms with Gasteiger partial charge in [0.2, 0.25) is 0 Å². The van der Waals surface area contributed by atoms with E-state index in [4.69, 9.17) is 11.6 Å². The van der Waals surface area contributed by atoms with E-state index in [9.17, 15) is 5.11 Å². The lowest BCUT2D eigenvalue weighted by Gasteiger charge is -2.37. The number of benzene rings is 2. The van der Waals surface area contributed by atoms with Crippen LogP contribution in [-0.2, 0) is 0 Å². The molecule has 2 aromatic rings. The number of phenolic OH excluding ortho intramolecular Hbond substituents is 1. The Kier molecular flexibility index (Phi) is 6.67. The number of nitrogens with one attached hydrogen (secondary N) is 2. The topological polar surface area (TPSA) is 47.5 Å². The molecule has 0 aromatic heterocycles. The molecule has 1 atom stereocenters. The predicted octanol–water partition coefficient (Wildman–Crippen LogP) is 5.94. The van der Waals surface area contributed by atoms with Crippen molar-refractivity contribution >= 4 is 17.3 Å². The van der Waals surface area contributed by atoms with E-state index in [2.05, 4.69) is 53.7 Å². The molecule has 1 heterocycles.